The summed E-state index contributed by atoms with van der Waals surface area (Å²) >= 11 is 0. The lowest BCUT2D eigenvalue weighted by molar-refractivity contribution is 0.268. The van der Waals surface area contributed by atoms with Gasteiger partial charge in [0.05, 0.1) is 11.7 Å². The van der Waals surface area contributed by atoms with E-state index in [2.05, 4.69) is 42.1 Å². The molecule has 3 nitrogen and oxygen atoms in total. The molecule has 0 radical (unpaired) electrons. The van der Waals surface area contributed by atoms with Gasteiger partial charge < -0.3 is 5.32 Å². The van der Waals surface area contributed by atoms with Crippen LogP contribution in [0.3, 0.4) is 0 Å². The third-order valence-corrected chi connectivity index (χ3v) is 3.94. The predicted molar refractivity (Wildman–Crippen MR) is 71.0 cm³/mol. The van der Waals surface area contributed by atoms with Crippen LogP contribution in [-0.2, 0) is 0 Å². The number of hydrogen-bond donors (Lipinski definition) is 1. The van der Waals surface area contributed by atoms with E-state index in [1.54, 1.807) is 0 Å². The molecule has 0 bridgehead atoms. The van der Waals surface area contributed by atoms with Crippen LogP contribution in [0.4, 0.5) is 0 Å². The molecule has 1 aromatic heterocycles. The summed E-state index contributed by atoms with van der Waals surface area (Å²) in [5.41, 5.74) is 1.36. The Morgan fingerprint density at radius 3 is 2.59 bits per heavy atom. The molecule has 2 rings (SSSR count). The molecule has 1 aliphatic rings. The summed E-state index contributed by atoms with van der Waals surface area (Å²) in [7, 11) is 2.08. The third kappa shape index (κ3) is 2.71. The van der Waals surface area contributed by atoms with Gasteiger partial charge in [-0.25, -0.2) is 0 Å². The van der Waals surface area contributed by atoms with Gasteiger partial charge in [-0.3, -0.25) is 4.68 Å². The molecule has 0 spiro atoms. The summed E-state index contributed by atoms with van der Waals surface area (Å²) in [4.78, 5) is 0. The maximum Gasteiger partial charge on any atom is 0.0559 e. The maximum absolute atomic E-state index is 4.46. The fraction of sp³-hybridized carbons (Fsp3) is 0.786. The van der Waals surface area contributed by atoms with Crippen molar-refractivity contribution in [3.8, 4) is 0 Å². The van der Waals surface area contributed by atoms with E-state index in [0.29, 0.717) is 12.1 Å². The van der Waals surface area contributed by atoms with Gasteiger partial charge in [0.1, 0.15) is 0 Å². The first-order chi connectivity index (χ1) is 8.24. The molecule has 3 heteroatoms. The van der Waals surface area contributed by atoms with E-state index in [0.717, 1.165) is 5.92 Å². The average molecular weight is 235 g/mol. The Morgan fingerprint density at radius 2 is 2.00 bits per heavy atom. The zero-order valence-corrected chi connectivity index (χ0v) is 11.3. The van der Waals surface area contributed by atoms with Gasteiger partial charge in [-0.2, -0.15) is 5.10 Å². The van der Waals surface area contributed by atoms with Crippen LogP contribution in [-0.4, -0.2) is 16.8 Å². The minimum Gasteiger partial charge on any atom is -0.311 e. The highest BCUT2D eigenvalue weighted by Gasteiger charge is 2.26. The average Bonchev–Trinajstić information content (AvgIpc) is 2.81. The number of nitrogens with zero attached hydrogens (tertiary/aromatic N) is 2. The summed E-state index contributed by atoms with van der Waals surface area (Å²) in [6.45, 7) is 4.40. The molecular formula is C14H25N3. The third-order valence-electron chi connectivity index (χ3n) is 3.94. The fourth-order valence-corrected chi connectivity index (χ4v) is 3.09. The Balaban J connectivity index is 2.18. The quantitative estimate of drug-likeness (QED) is 0.867. The zero-order chi connectivity index (χ0) is 12.3. The van der Waals surface area contributed by atoms with Crippen LogP contribution in [0.1, 0.15) is 63.7 Å². The second kappa shape index (κ2) is 5.67. The molecule has 1 heterocycles. The molecule has 1 unspecified atom stereocenters. The fourth-order valence-electron chi connectivity index (χ4n) is 3.09. The van der Waals surface area contributed by atoms with Crippen molar-refractivity contribution in [1.82, 2.24) is 15.1 Å². The van der Waals surface area contributed by atoms with Gasteiger partial charge in [0.15, 0.2) is 0 Å². The van der Waals surface area contributed by atoms with Gasteiger partial charge in [-0.05, 0) is 45.7 Å². The molecule has 96 valence electrons. The Labute approximate surface area is 105 Å². The number of aromatic nitrogens is 2. The van der Waals surface area contributed by atoms with Gasteiger partial charge in [-0.1, -0.05) is 19.3 Å². The molecular weight excluding hydrogens is 210 g/mol. The molecule has 0 aliphatic heterocycles. The molecule has 17 heavy (non-hydrogen) atoms. The minimum absolute atomic E-state index is 0.444. The normalized spacial score (nSPS) is 19.8. The van der Waals surface area contributed by atoms with Gasteiger partial charge in [0, 0.05) is 12.2 Å². The standard InChI is InChI=1S/C14H25N3/c1-11(2)17-13(9-10-16-17)14(15-3)12-7-5-4-6-8-12/h9-12,14-15H,4-8H2,1-3H3. The summed E-state index contributed by atoms with van der Waals surface area (Å²) in [5, 5.41) is 7.96. The summed E-state index contributed by atoms with van der Waals surface area (Å²) in [6.07, 6.45) is 8.83. The van der Waals surface area contributed by atoms with E-state index in [9.17, 15) is 0 Å². The van der Waals surface area contributed by atoms with Crippen molar-refractivity contribution in [3.05, 3.63) is 18.0 Å². The van der Waals surface area contributed by atoms with Crippen LogP contribution in [0.5, 0.6) is 0 Å². The summed E-state index contributed by atoms with van der Waals surface area (Å²) < 4.78 is 2.16. The Morgan fingerprint density at radius 1 is 1.29 bits per heavy atom. The molecule has 0 saturated heterocycles. The van der Waals surface area contributed by atoms with Gasteiger partial charge in [0.2, 0.25) is 0 Å². The van der Waals surface area contributed by atoms with E-state index in [1.165, 1.54) is 37.8 Å². The highest BCUT2D eigenvalue weighted by atomic mass is 15.3. The number of hydrogen-bond acceptors (Lipinski definition) is 2. The highest BCUT2D eigenvalue weighted by Crippen LogP contribution is 2.34. The molecule has 0 aromatic carbocycles. The first-order valence-electron chi connectivity index (χ1n) is 6.94. The molecule has 1 fully saturated rings. The van der Waals surface area contributed by atoms with Crippen LogP contribution in [0, 0.1) is 5.92 Å². The van der Waals surface area contributed by atoms with Crippen molar-refractivity contribution in [2.75, 3.05) is 7.05 Å². The topological polar surface area (TPSA) is 29.9 Å². The van der Waals surface area contributed by atoms with E-state index in [-0.39, 0.29) is 0 Å². The smallest absolute Gasteiger partial charge is 0.0559 e. The Hall–Kier alpha value is -0.830. The molecule has 1 atom stereocenters. The Bertz CT molecular complexity index is 337. The molecule has 1 saturated carbocycles. The van der Waals surface area contributed by atoms with Crippen LogP contribution >= 0.6 is 0 Å². The van der Waals surface area contributed by atoms with Gasteiger partial charge in [-0.15, -0.1) is 0 Å². The predicted octanol–water partition coefficient (Wildman–Crippen LogP) is 3.30. The first kappa shape index (κ1) is 12.6. The first-order valence-corrected chi connectivity index (χ1v) is 6.94. The van der Waals surface area contributed by atoms with Crippen LogP contribution in [0.15, 0.2) is 12.3 Å². The summed E-state index contributed by atoms with van der Waals surface area (Å²) in [6, 6.07) is 3.09. The zero-order valence-electron chi connectivity index (χ0n) is 11.3. The van der Waals surface area contributed by atoms with Gasteiger partial charge >= 0.3 is 0 Å². The lowest BCUT2D eigenvalue weighted by atomic mass is 9.82. The minimum atomic E-state index is 0.444. The van der Waals surface area contributed by atoms with Crippen LogP contribution in [0.25, 0.3) is 0 Å². The second-order valence-electron chi connectivity index (χ2n) is 5.46. The van der Waals surface area contributed by atoms with E-state index < -0.39 is 0 Å². The Kier molecular flexibility index (Phi) is 4.21. The van der Waals surface area contributed by atoms with E-state index in [1.807, 2.05) is 6.20 Å². The molecule has 1 N–H and O–H groups in total. The van der Waals surface area contributed by atoms with Crippen LogP contribution < -0.4 is 5.32 Å². The lowest BCUT2D eigenvalue weighted by Gasteiger charge is -2.31. The van der Waals surface area contributed by atoms with Crippen molar-refractivity contribution in [2.24, 2.45) is 5.92 Å². The molecule has 0 amide bonds. The largest absolute Gasteiger partial charge is 0.311 e. The molecule has 1 aromatic rings. The van der Waals surface area contributed by atoms with Crippen LogP contribution in [0.2, 0.25) is 0 Å². The number of rotatable bonds is 4. The van der Waals surface area contributed by atoms with E-state index in [4.69, 9.17) is 0 Å². The monoisotopic (exact) mass is 235 g/mol. The number of nitrogens with one attached hydrogen (secondary N) is 1. The van der Waals surface area contributed by atoms with Crippen molar-refractivity contribution in [3.63, 3.8) is 0 Å². The summed E-state index contributed by atoms with van der Waals surface area (Å²) in [5.74, 6) is 0.781. The van der Waals surface area contributed by atoms with Crippen molar-refractivity contribution in [1.29, 1.82) is 0 Å². The maximum atomic E-state index is 4.46. The van der Waals surface area contributed by atoms with Crippen molar-refractivity contribution < 1.29 is 0 Å². The molecule has 1 aliphatic carbocycles. The highest BCUT2D eigenvalue weighted by molar-refractivity contribution is 5.09. The SMILES string of the molecule is CNC(c1ccnn1C(C)C)C1CCCCC1. The van der Waals surface area contributed by atoms with E-state index >= 15 is 0 Å². The lowest BCUT2D eigenvalue weighted by Crippen LogP contribution is -2.29. The van der Waals surface area contributed by atoms with Crippen molar-refractivity contribution >= 4 is 0 Å². The second-order valence-corrected chi connectivity index (χ2v) is 5.46. The van der Waals surface area contributed by atoms with Gasteiger partial charge in [0.25, 0.3) is 0 Å². The van der Waals surface area contributed by atoms with Crippen molar-refractivity contribution in [2.45, 2.75) is 58.0 Å².